The van der Waals surface area contributed by atoms with Crippen LogP contribution in [0.3, 0.4) is 0 Å². The third kappa shape index (κ3) is 5.58. The molecule has 172 valence electrons. The summed E-state index contributed by atoms with van der Waals surface area (Å²) in [5, 5.41) is 12.4. The molecule has 0 radical (unpaired) electrons. The second-order valence-corrected chi connectivity index (χ2v) is 8.71. The molecular formula is C23H26Cl2N8. The van der Waals surface area contributed by atoms with Crippen LogP contribution in [0.5, 0.6) is 0 Å². The molecule has 1 aliphatic carbocycles. The van der Waals surface area contributed by atoms with Crippen molar-refractivity contribution >= 4 is 41.0 Å². The summed E-state index contributed by atoms with van der Waals surface area (Å²) in [5.41, 5.74) is 9.34. The smallest absolute Gasteiger partial charge is 0.224 e. The minimum Gasteiger partial charge on any atom is -0.351 e. The number of aryl methyl sites for hydroxylation is 2. The summed E-state index contributed by atoms with van der Waals surface area (Å²) in [5.74, 6) is 1.36. The zero-order valence-electron chi connectivity index (χ0n) is 18.0. The molecule has 1 aliphatic rings. The van der Waals surface area contributed by atoms with Crippen molar-refractivity contribution in [2.45, 2.75) is 50.6 Å². The monoisotopic (exact) mass is 484 g/mol. The van der Waals surface area contributed by atoms with Crippen molar-refractivity contribution < 1.29 is 0 Å². The lowest BCUT2D eigenvalue weighted by molar-refractivity contribution is 0.410. The van der Waals surface area contributed by atoms with Crippen molar-refractivity contribution in [3.8, 4) is 11.4 Å². The first kappa shape index (κ1) is 23.4. The van der Waals surface area contributed by atoms with Crippen LogP contribution in [-0.2, 0) is 12.8 Å². The van der Waals surface area contributed by atoms with E-state index in [0.29, 0.717) is 23.7 Å². The zero-order valence-corrected chi connectivity index (χ0v) is 19.6. The number of aromatic amines is 1. The van der Waals surface area contributed by atoms with Crippen LogP contribution in [-0.4, -0.2) is 42.2 Å². The Morgan fingerprint density at radius 2 is 1.91 bits per heavy atom. The van der Waals surface area contributed by atoms with Gasteiger partial charge in [-0.15, -0.1) is 12.4 Å². The highest BCUT2D eigenvalue weighted by Crippen LogP contribution is 2.25. The van der Waals surface area contributed by atoms with E-state index in [4.69, 9.17) is 22.3 Å². The van der Waals surface area contributed by atoms with Crippen LogP contribution in [0.2, 0.25) is 5.02 Å². The minimum atomic E-state index is 0. The number of aromatic nitrogens is 6. The highest BCUT2D eigenvalue weighted by atomic mass is 35.5. The Morgan fingerprint density at radius 1 is 1.06 bits per heavy atom. The molecule has 0 atom stereocenters. The number of hydrogen-bond donors (Lipinski definition) is 3. The van der Waals surface area contributed by atoms with Gasteiger partial charge in [-0.1, -0.05) is 23.7 Å². The van der Waals surface area contributed by atoms with Gasteiger partial charge in [0.1, 0.15) is 5.82 Å². The van der Waals surface area contributed by atoms with E-state index in [1.54, 1.807) is 12.4 Å². The molecule has 10 heteroatoms. The third-order valence-electron chi connectivity index (χ3n) is 5.90. The van der Waals surface area contributed by atoms with Gasteiger partial charge in [0.2, 0.25) is 5.95 Å². The summed E-state index contributed by atoms with van der Waals surface area (Å²) >= 11 is 6.08. The lowest BCUT2D eigenvalue weighted by Gasteiger charge is -2.26. The number of nitrogens with zero attached hydrogens (tertiary/aromatic N) is 5. The van der Waals surface area contributed by atoms with Crippen molar-refractivity contribution in [3.63, 3.8) is 0 Å². The summed E-state index contributed by atoms with van der Waals surface area (Å²) in [6, 6.07) is 10.4. The van der Waals surface area contributed by atoms with Gasteiger partial charge in [0.05, 0.1) is 16.8 Å². The third-order valence-corrected chi connectivity index (χ3v) is 6.14. The van der Waals surface area contributed by atoms with Crippen molar-refractivity contribution in [1.29, 1.82) is 0 Å². The molecule has 0 saturated heterocycles. The van der Waals surface area contributed by atoms with Gasteiger partial charge in [-0.2, -0.15) is 10.1 Å². The lowest BCUT2D eigenvalue weighted by atomic mass is 9.92. The fourth-order valence-corrected chi connectivity index (χ4v) is 4.33. The zero-order chi connectivity index (χ0) is 21.9. The van der Waals surface area contributed by atoms with Crippen LogP contribution < -0.4 is 11.1 Å². The van der Waals surface area contributed by atoms with E-state index in [0.717, 1.165) is 71.7 Å². The molecule has 3 heterocycles. The molecule has 4 N–H and O–H groups in total. The van der Waals surface area contributed by atoms with Gasteiger partial charge in [0.25, 0.3) is 0 Å². The average Bonchev–Trinajstić information content (AvgIpc) is 3.23. The summed E-state index contributed by atoms with van der Waals surface area (Å²) < 4.78 is 0. The van der Waals surface area contributed by atoms with Gasteiger partial charge >= 0.3 is 0 Å². The summed E-state index contributed by atoms with van der Waals surface area (Å²) in [6.45, 7) is 0. The molecule has 33 heavy (non-hydrogen) atoms. The maximum Gasteiger partial charge on any atom is 0.224 e. The maximum absolute atomic E-state index is 6.08. The van der Waals surface area contributed by atoms with E-state index >= 15 is 0 Å². The number of rotatable bonds is 6. The van der Waals surface area contributed by atoms with Crippen LogP contribution in [0.1, 0.15) is 37.1 Å². The number of nitrogens with two attached hydrogens (primary N) is 1. The number of H-pyrrole nitrogens is 1. The molecule has 8 nitrogen and oxygen atoms in total. The Morgan fingerprint density at radius 3 is 2.73 bits per heavy atom. The fourth-order valence-electron chi connectivity index (χ4n) is 4.12. The van der Waals surface area contributed by atoms with E-state index in [-0.39, 0.29) is 12.4 Å². The molecule has 0 unspecified atom stereocenters. The SMILES string of the molecule is Cl.NC1CCC(Nc2ncc3c(-c4ccnc(CCc5cccc(Cl)c5)n4)[nH]nc3n2)CC1. The molecule has 0 aliphatic heterocycles. The van der Waals surface area contributed by atoms with Gasteiger partial charge in [-0.3, -0.25) is 5.10 Å². The van der Waals surface area contributed by atoms with Crippen molar-refractivity contribution in [2.24, 2.45) is 5.73 Å². The molecule has 3 aromatic heterocycles. The standard InChI is InChI=1S/C23H25ClN8.ClH/c24-15-3-1-2-14(12-15)4-9-20-26-11-10-19(29-20)21-18-13-27-23(30-22(18)32-31-21)28-17-7-5-16(25)6-8-17;/h1-3,10-13,16-17H,4-9,25H2,(H2,27,28,30,31,32);1H. The second-order valence-electron chi connectivity index (χ2n) is 8.27. The van der Waals surface area contributed by atoms with E-state index in [1.165, 1.54) is 0 Å². The van der Waals surface area contributed by atoms with Gasteiger partial charge in [-0.25, -0.2) is 15.0 Å². The van der Waals surface area contributed by atoms with Crippen LogP contribution in [0, 0.1) is 0 Å². The van der Waals surface area contributed by atoms with Gasteiger partial charge in [-0.05, 0) is 55.9 Å². The highest BCUT2D eigenvalue weighted by Gasteiger charge is 2.20. The molecule has 5 rings (SSSR count). The number of anilines is 1. The molecule has 0 spiro atoms. The first-order valence-corrected chi connectivity index (χ1v) is 11.3. The number of fused-ring (bicyclic) bond motifs is 1. The largest absolute Gasteiger partial charge is 0.351 e. The molecule has 0 amide bonds. The number of benzene rings is 1. The van der Waals surface area contributed by atoms with Crippen LogP contribution in [0.15, 0.2) is 42.7 Å². The molecular weight excluding hydrogens is 459 g/mol. The minimum absolute atomic E-state index is 0. The van der Waals surface area contributed by atoms with Crippen molar-refractivity contribution in [1.82, 2.24) is 30.1 Å². The van der Waals surface area contributed by atoms with E-state index in [9.17, 15) is 0 Å². The molecule has 1 aromatic carbocycles. The Labute approximate surface area is 203 Å². The summed E-state index contributed by atoms with van der Waals surface area (Å²) in [4.78, 5) is 18.3. The highest BCUT2D eigenvalue weighted by molar-refractivity contribution is 6.30. The van der Waals surface area contributed by atoms with E-state index < -0.39 is 0 Å². The Kier molecular flexibility index (Phi) is 7.37. The normalized spacial score (nSPS) is 18.1. The molecule has 4 aromatic rings. The number of nitrogens with one attached hydrogen (secondary N) is 2. The first-order chi connectivity index (χ1) is 15.6. The van der Waals surface area contributed by atoms with Crippen LogP contribution >= 0.6 is 24.0 Å². The van der Waals surface area contributed by atoms with E-state index in [2.05, 4.69) is 36.5 Å². The average molecular weight is 485 g/mol. The summed E-state index contributed by atoms with van der Waals surface area (Å²) in [6.07, 6.45) is 9.23. The fraction of sp³-hybridized carbons (Fsp3) is 0.348. The predicted octanol–water partition coefficient (Wildman–Crippen LogP) is 4.35. The number of halogens is 2. The second kappa shape index (κ2) is 10.4. The summed E-state index contributed by atoms with van der Waals surface area (Å²) in [7, 11) is 0. The number of hydrogen-bond acceptors (Lipinski definition) is 7. The van der Waals surface area contributed by atoms with Crippen LogP contribution in [0.25, 0.3) is 22.4 Å². The lowest BCUT2D eigenvalue weighted by Crippen LogP contribution is -2.33. The van der Waals surface area contributed by atoms with Gasteiger partial charge < -0.3 is 11.1 Å². The first-order valence-electron chi connectivity index (χ1n) is 10.9. The van der Waals surface area contributed by atoms with Crippen molar-refractivity contribution in [3.05, 3.63) is 59.1 Å². The van der Waals surface area contributed by atoms with Gasteiger partial charge in [0, 0.05) is 35.9 Å². The molecule has 1 fully saturated rings. The Balaban J connectivity index is 0.00000259. The van der Waals surface area contributed by atoms with Crippen LogP contribution in [0.4, 0.5) is 5.95 Å². The predicted molar refractivity (Wildman–Crippen MR) is 133 cm³/mol. The molecule has 1 saturated carbocycles. The van der Waals surface area contributed by atoms with Gasteiger partial charge in [0.15, 0.2) is 5.65 Å². The quantitative estimate of drug-likeness (QED) is 0.372. The maximum atomic E-state index is 6.08. The topological polar surface area (TPSA) is 118 Å². The Hall–Kier alpha value is -2.81. The van der Waals surface area contributed by atoms with E-state index in [1.807, 2.05) is 24.3 Å². The van der Waals surface area contributed by atoms with Crippen molar-refractivity contribution in [2.75, 3.05) is 5.32 Å². The Bertz CT molecular complexity index is 1220. The molecule has 0 bridgehead atoms.